The van der Waals surface area contributed by atoms with Gasteiger partial charge in [-0.05, 0) is 19.1 Å². The molecule has 0 spiro atoms. The van der Waals surface area contributed by atoms with Gasteiger partial charge in [-0.3, -0.25) is 4.79 Å². The zero-order valence-electron chi connectivity index (χ0n) is 11.4. The van der Waals surface area contributed by atoms with Gasteiger partial charge in [-0.2, -0.15) is 0 Å². The number of anilines is 2. The summed E-state index contributed by atoms with van der Waals surface area (Å²) in [4.78, 5) is 11.7. The van der Waals surface area contributed by atoms with Crippen molar-refractivity contribution in [1.82, 2.24) is 0 Å². The second-order valence-corrected chi connectivity index (χ2v) is 4.08. The van der Waals surface area contributed by atoms with Gasteiger partial charge in [0.05, 0.1) is 25.5 Å². The van der Waals surface area contributed by atoms with Crippen LogP contribution in [0.4, 0.5) is 11.4 Å². The standard InChI is InChI=1S/C13H20N2O4/c1-9(7-17-2)19-8-13(16)15-11-5-4-10(14)6-12(11)18-3/h4-6,9H,7-8,14H2,1-3H3,(H,15,16). The lowest BCUT2D eigenvalue weighted by atomic mass is 10.2. The Morgan fingerprint density at radius 1 is 1.42 bits per heavy atom. The van der Waals surface area contributed by atoms with Crippen LogP contribution in [-0.4, -0.2) is 39.4 Å². The minimum absolute atomic E-state index is 0.0436. The van der Waals surface area contributed by atoms with E-state index in [1.54, 1.807) is 25.3 Å². The zero-order chi connectivity index (χ0) is 14.3. The molecule has 1 rings (SSSR count). The SMILES string of the molecule is COCC(C)OCC(=O)Nc1ccc(N)cc1OC. The first kappa shape index (κ1) is 15.3. The molecular formula is C13H20N2O4. The van der Waals surface area contributed by atoms with Gasteiger partial charge in [-0.1, -0.05) is 0 Å². The van der Waals surface area contributed by atoms with Crippen molar-refractivity contribution < 1.29 is 19.0 Å². The molecular weight excluding hydrogens is 248 g/mol. The van der Waals surface area contributed by atoms with Crippen LogP contribution in [0.1, 0.15) is 6.92 Å². The molecule has 0 aliphatic rings. The number of carbonyl (C=O) groups excluding carboxylic acids is 1. The summed E-state index contributed by atoms with van der Waals surface area (Å²) in [6.45, 7) is 2.23. The van der Waals surface area contributed by atoms with E-state index in [1.807, 2.05) is 6.92 Å². The molecule has 0 fully saturated rings. The summed E-state index contributed by atoms with van der Waals surface area (Å²) in [6, 6.07) is 5.02. The van der Waals surface area contributed by atoms with Gasteiger partial charge in [-0.15, -0.1) is 0 Å². The number of nitrogens with one attached hydrogen (secondary N) is 1. The van der Waals surface area contributed by atoms with Crippen LogP contribution in [0.2, 0.25) is 0 Å². The van der Waals surface area contributed by atoms with Gasteiger partial charge in [0.1, 0.15) is 12.4 Å². The second-order valence-electron chi connectivity index (χ2n) is 4.08. The Bertz CT molecular complexity index is 423. The smallest absolute Gasteiger partial charge is 0.250 e. The van der Waals surface area contributed by atoms with Gasteiger partial charge in [0.25, 0.3) is 0 Å². The van der Waals surface area contributed by atoms with E-state index in [1.165, 1.54) is 7.11 Å². The number of hydrogen-bond donors (Lipinski definition) is 2. The number of hydrogen-bond acceptors (Lipinski definition) is 5. The van der Waals surface area contributed by atoms with Gasteiger partial charge >= 0.3 is 0 Å². The molecule has 1 atom stereocenters. The number of methoxy groups -OCH3 is 2. The summed E-state index contributed by atoms with van der Waals surface area (Å²) in [5, 5.41) is 2.70. The largest absolute Gasteiger partial charge is 0.494 e. The quantitative estimate of drug-likeness (QED) is 0.728. The second kappa shape index (κ2) is 7.60. The van der Waals surface area contributed by atoms with Gasteiger partial charge in [0, 0.05) is 18.9 Å². The highest BCUT2D eigenvalue weighted by atomic mass is 16.5. The van der Waals surface area contributed by atoms with Crippen molar-refractivity contribution in [2.75, 3.05) is 38.5 Å². The average Bonchev–Trinajstić information content (AvgIpc) is 2.39. The maximum absolute atomic E-state index is 11.7. The molecule has 0 aliphatic heterocycles. The Kier molecular flexibility index (Phi) is 6.11. The Balaban J connectivity index is 2.52. The van der Waals surface area contributed by atoms with Crippen molar-refractivity contribution in [3.63, 3.8) is 0 Å². The number of amides is 1. The van der Waals surface area contributed by atoms with Gasteiger partial charge in [0.2, 0.25) is 5.91 Å². The number of nitrogens with two attached hydrogens (primary N) is 1. The van der Waals surface area contributed by atoms with E-state index >= 15 is 0 Å². The molecule has 1 unspecified atom stereocenters. The lowest BCUT2D eigenvalue weighted by molar-refractivity contribution is -0.123. The van der Waals surface area contributed by atoms with Crippen LogP contribution >= 0.6 is 0 Å². The molecule has 0 heterocycles. The van der Waals surface area contributed by atoms with Crippen molar-refractivity contribution >= 4 is 17.3 Å². The molecule has 1 amide bonds. The summed E-state index contributed by atoms with van der Waals surface area (Å²) in [5.41, 5.74) is 6.76. The van der Waals surface area contributed by atoms with Crippen LogP contribution in [-0.2, 0) is 14.3 Å². The van der Waals surface area contributed by atoms with E-state index in [0.717, 1.165) is 0 Å². The fourth-order valence-electron chi connectivity index (χ4n) is 1.50. The molecule has 0 saturated heterocycles. The van der Waals surface area contributed by atoms with Crippen LogP contribution < -0.4 is 15.8 Å². The number of rotatable bonds is 7. The molecule has 0 radical (unpaired) electrons. The first-order valence-corrected chi connectivity index (χ1v) is 5.90. The van der Waals surface area contributed by atoms with E-state index in [9.17, 15) is 4.79 Å². The predicted octanol–water partition coefficient (Wildman–Crippen LogP) is 1.27. The summed E-state index contributed by atoms with van der Waals surface area (Å²) in [5.74, 6) is 0.254. The summed E-state index contributed by atoms with van der Waals surface area (Å²) < 4.78 is 15.4. The van der Waals surface area contributed by atoms with Crippen molar-refractivity contribution in [2.45, 2.75) is 13.0 Å². The molecule has 3 N–H and O–H groups in total. The average molecular weight is 268 g/mol. The van der Waals surface area contributed by atoms with Crippen LogP contribution in [0, 0.1) is 0 Å². The number of ether oxygens (including phenoxy) is 3. The predicted molar refractivity (Wildman–Crippen MR) is 73.3 cm³/mol. The molecule has 1 aromatic carbocycles. The maximum atomic E-state index is 11.7. The topological polar surface area (TPSA) is 82.8 Å². The molecule has 19 heavy (non-hydrogen) atoms. The fraction of sp³-hybridized carbons (Fsp3) is 0.462. The molecule has 106 valence electrons. The van der Waals surface area contributed by atoms with Gasteiger partial charge in [-0.25, -0.2) is 0 Å². The van der Waals surface area contributed by atoms with Crippen molar-refractivity contribution in [3.05, 3.63) is 18.2 Å². The summed E-state index contributed by atoms with van der Waals surface area (Å²) >= 11 is 0. The molecule has 6 heteroatoms. The monoisotopic (exact) mass is 268 g/mol. The molecule has 6 nitrogen and oxygen atoms in total. The van der Waals surface area contributed by atoms with Gasteiger partial charge in [0.15, 0.2) is 0 Å². The lowest BCUT2D eigenvalue weighted by Gasteiger charge is -2.13. The van der Waals surface area contributed by atoms with E-state index in [2.05, 4.69) is 5.32 Å². The lowest BCUT2D eigenvalue weighted by Crippen LogP contribution is -2.24. The molecule has 0 aliphatic carbocycles. The number of benzene rings is 1. The highest BCUT2D eigenvalue weighted by molar-refractivity contribution is 5.93. The molecule has 1 aromatic rings. The van der Waals surface area contributed by atoms with E-state index in [0.29, 0.717) is 23.7 Å². The molecule has 0 saturated carbocycles. The third-order valence-corrected chi connectivity index (χ3v) is 2.40. The van der Waals surface area contributed by atoms with E-state index < -0.39 is 0 Å². The van der Waals surface area contributed by atoms with Gasteiger partial charge < -0.3 is 25.3 Å². The van der Waals surface area contributed by atoms with Crippen molar-refractivity contribution in [3.8, 4) is 5.75 Å². The highest BCUT2D eigenvalue weighted by Crippen LogP contribution is 2.26. The first-order valence-electron chi connectivity index (χ1n) is 5.90. The molecule has 0 bridgehead atoms. The zero-order valence-corrected chi connectivity index (χ0v) is 11.4. The summed E-state index contributed by atoms with van der Waals surface area (Å²) in [6.07, 6.45) is -0.135. The molecule has 0 aromatic heterocycles. The van der Waals surface area contributed by atoms with Crippen LogP contribution in [0.15, 0.2) is 18.2 Å². The Morgan fingerprint density at radius 3 is 2.79 bits per heavy atom. The first-order chi connectivity index (χ1) is 9.06. The number of carbonyl (C=O) groups is 1. The number of nitrogen functional groups attached to an aromatic ring is 1. The third-order valence-electron chi connectivity index (χ3n) is 2.40. The summed E-state index contributed by atoms with van der Waals surface area (Å²) in [7, 11) is 3.10. The Morgan fingerprint density at radius 2 is 2.16 bits per heavy atom. The minimum atomic E-state index is -0.258. The Labute approximate surface area is 112 Å². The third kappa shape index (κ3) is 5.15. The minimum Gasteiger partial charge on any atom is -0.494 e. The van der Waals surface area contributed by atoms with E-state index in [4.69, 9.17) is 19.9 Å². The maximum Gasteiger partial charge on any atom is 0.250 e. The van der Waals surface area contributed by atoms with E-state index in [-0.39, 0.29) is 18.6 Å². The Hall–Kier alpha value is -1.79. The fourth-order valence-corrected chi connectivity index (χ4v) is 1.50. The van der Waals surface area contributed by atoms with Crippen LogP contribution in [0.5, 0.6) is 5.75 Å². The van der Waals surface area contributed by atoms with Crippen molar-refractivity contribution in [1.29, 1.82) is 0 Å². The highest BCUT2D eigenvalue weighted by Gasteiger charge is 2.10. The van der Waals surface area contributed by atoms with Crippen molar-refractivity contribution in [2.24, 2.45) is 0 Å². The van der Waals surface area contributed by atoms with Crippen LogP contribution in [0.25, 0.3) is 0 Å². The normalized spacial score (nSPS) is 11.9. The van der Waals surface area contributed by atoms with Crippen LogP contribution in [0.3, 0.4) is 0 Å².